The summed E-state index contributed by atoms with van der Waals surface area (Å²) in [5, 5.41) is 0. The van der Waals surface area contributed by atoms with E-state index in [0.717, 1.165) is 19.5 Å². The first-order valence-electron chi connectivity index (χ1n) is 5.76. The van der Waals surface area contributed by atoms with Gasteiger partial charge in [0.1, 0.15) is 0 Å². The summed E-state index contributed by atoms with van der Waals surface area (Å²) in [6, 6.07) is 0.562. The standard InChI is InChI=1S/C12H25NO/c1-7-13(8-2)10-9-11(3,4)14-12(10,5)6/h10H,7-9H2,1-6H3. The molecule has 0 aromatic carbocycles. The van der Waals surface area contributed by atoms with Crippen LogP contribution in [0, 0.1) is 0 Å². The summed E-state index contributed by atoms with van der Waals surface area (Å²) in [5.41, 5.74) is 0.0340. The molecule has 1 saturated heterocycles. The van der Waals surface area contributed by atoms with Crippen LogP contribution < -0.4 is 0 Å². The van der Waals surface area contributed by atoms with Crippen LogP contribution in [0.1, 0.15) is 48.0 Å². The lowest BCUT2D eigenvalue weighted by Gasteiger charge is -2.34. The summed E-state index contributed by atoms with van der Waals surface area (Å²) in [4.78, 5) is 2.51. The molecule has 2 heteroatoms. The van der Waals surface area contributed by atoms with E-state index < -0.39 is 0 Å². The van der Waals surface area contributed by atoms with Crippen LogP contribution in [0.3, 0.4) is 0 Å². The van der Waals surface area contributed by atoms with E-state index in [1.807, 2.05) is 0 Å². The molecule has 1 aliphatic heterocycles. The highest BCUT2D eigenvalue weighted by atomic mass is 16.5. The number of nitrogens with zero attached hydrogens (tertiary/aromatic N) is 1. The molecule has 0 aliphatic carbocycles. The van der Waals surface area contributed by atoms with Gasteiger partial charge in [-0.3, -0.25) is 4.90 Å². The van der Waals surface area contributed by atoms with Crippen LogP contribution in [0.5, 0.6) is 0 Å². The minimum absolute atomic E-state index is 0.00444. The minimum atomic E-state index is -0.00444. The highest BCUT2D eigenvalue weighted by Gasteiger charge is 2.47. The van der Waals surface area contributed by atoms with Crippen LogP contribution in [-0.2, 0) is 4.74 Å². The van der Waals surface area contributed by atoms with Crippen molar-refractivity contribution in [1.82, 2.24) is 4.90 Å². The molecule has 0 aromatic rings. The van der Waals surface area contributed by atoms with Gasteiger partial charge in [-0.05, 0) is 47.2 Å². The van der Waals surface area contributed by atoms with E-state index in [4.69, 9.17) is 4.74 Å². The molecule has 1 atom stereocenters. The lowest BCUT2D eigenvalue weighted by atomic mass is 9.93. The number of hydrogen-bond acceptors (Lipinski definition) is 2. The van der Waals surface area contributed by atoms with Crippen molar-refractivity contribution in [2.45, 2.75) is 65.2 Å². The molecule has 1 rings (SSSR count). The fourth-order valence-corrected chi connectivity index (χ4v) is 2.77. The molecule has 2 nitrogen and oxygen atoms in total. The van der Waals surface area contributed by atoms with E-state index in [2.05, 4.69) is 46.4 Å². The lowest BCUT2D eigenvalue weighted by molar-refractivity contribution is -0.0798. The Hall–Kier alpha value is -0.0800. The van der Waals surface area contributed by atoms with Gasteiger partial charge in [-0.15, -0.1) is 0 Å². The van der Waals surface area contributed by atoms with Crippen molar-refractivity contribution in [2.24, 2.45) is 0 Å². The number of hydrogen-bond donors (Lipinski definition) is 0. The molecule has 0 saturated carbocycles. The molecule has 1 fully saturated rings. The number of rotatable bonds is 3. The van der Waals surface area contributed by atoms with E-state index in [1.165, 1.54) is 0 Å². The summed E-state index contributed by atoms with van der Waals surface area (Å²) in [6.45, 7) is 15.5. The average Bonchev–Trinajstić information content (AvgIpc) is 2.22. The van der Waals surface area contributed by atoms with E-state index in [0.29, 0.717) is 6.04 Å². The van der Waals surface area contributed by atoms with Crippen LogP contribution >= 0.6 is 0 Å². The summed E-state index contributed by atoms with van der Waals surface area (Å²) >= 11 is 0. The third-order valence-corrected chi connectivity index (χ3v) is 3.28. The first kappa shape index (κ1) is 12.0. The molecule has 1 unspecified atom stereocenters. The zero-order chi connectivity index (χ0) is 11.0. The van der Waals surface area contributed by atoms with E-state index >= 15 is 0 Å². The monoisotopic (exact) mass is 199 g/mol. The minimum Gasteiger partial charge on any atom is -0.368 e. The van der Waals surface area contributed by atoms with Crippen LogP contribution in [0.4, 0.5) is 0 Å². The van der Waals surface area contributed by atoms with Crippen molar-refractivity contribution in [2.75, 3.05) is 13.1 Å². The molecule has 0 radical (unpaired) electrons. The third kappa shape index (κ3) is 2.29. The van der Waals surface area contributed by atoms with Crippen molar-refractivity contribution in [3.63, 3.8) is 0 Å². The molecule has 1 aliphatic rings. The predicted octanol–water partition coefficient (Wildman–Crippen LogP) is 2.67. The maximum atomic E-state index is 6.09. The van der Waals surface area contributed by atoms with Crippen molar-refractivity contribution >= 4 is 0 Å². The quantitative estimate of drug-likeness (QED) is 0.693. The van der Waals surface area contributed by atoms with Gasteiger partial charge in [-0.1, -0.05) is 13.8 Å². The summed E-state index contributed by atoms with van der Waals surface area (Å²) in [5.74, 6) is 0. The summed E-state index contributed by atoms with van der Waals surface area (Å²) in [7, 11) is 0. The molecule has 0 amide bonds. The Kier molecular flexibility index (Phi) is 3.27. The maximum absolute atomic E-state index is 6.09. The third-order valence-electron chi connectivity index (χ3n) is 3.28. The fraction of sp³-hybridized carbons (Fsp3) is 1.00. The number of ether oxygens (including phenoxy) is 1. The summed E-state index contributed by atoms with van der Waals surface area (Å²) in [6.07, 6.45) is 1.14. The zero-order valence-electron chi connectivity index (χ0n) is 10.6. The maximum Gasteiger partial charge on any atom is 0.0789 e. The fourth-order valence-electron chi connectivity index (χ4n) is 2.77. The highest BCUT2D eigenvalue weighted by Crippen LogP contribution is 2.39. The van der Waals surface area contributed by atoms with Crippen LogP contribution in [0.2, 0.25) is 0 Å². The smallest absolute Gasteiger partial charge is 0.0789 e. The molecule has 84 valence electrons. The Morgan fingerprint density at radius 3 is 1.93 bits per heavy atom. The number of likely N-dealkylation sites (N-methyl/N-ethyl adjacent to an activating group) is 1. The second kappa shape index (κ2) is 3.82. The van der Waals surface area contributed by atoms with Gasteiger partial charge >= 0.3 is 0 Å². The normalized spacial score (nSPS) is 29.8. The molecule has 1 heterocycles. The first-order chi connectivity index (χ1) is 6.32. The molecule has 14 heavy (non-hydrogen) atoms. The second-order valence-corrected chi connectivity index (χ2v) is 5.41. The Bertz CT molecular complexity index is 194. The topological polar surface area (TPSA) is 12.5 Å². The van der Waals surface area contributed by atoms with Crippen molar-refractivity contribution in [1.29, 1.82) is 0 Å². The lowest BCUT2D eigenvalue weighted by Crippen LogP contribution is -2.46. The SMILES string of the molecule is CCN(CC)C1CC(C)(C)OC1(C)C. The van der Waals surface area contributed by atoms with Gasteiger partial charge in [0, 0.05) is 6.04 Å². The van der Waals surface area contributed by atoms with Crippen molar-refractivity contribution < 1.29 is 4.74 Å². The Balaban J connectivity index is 2.78. The van der Waals surface area contributed by atoms with Crippen LogP contribution in [0.15, 0.2) is 0 Å². The Labute approximate surface area is 88.6 Å². The Morgan fingerprint density at radius 2 is 1.64 bits per heavy atom. The van der Waals surface area contributed by atoms with Crippen molar-refractivity contribution in [3.8, 4) is 0 Å². The molecule has 0 bridgehead atoms. The van der Waals surface area contributed by atoms with Gasteiger partial charge in [-0.2, -0.15) is 0 Å². The largest absolute Gasteiger partial charge is 0.368 e. The molecular weight excluding hydrogens is 174 g/mol. The van der Waals surface area contributed by atoms with Crippen LogP contribution in [-0.4, -0.2) is 35.2 Å². The van der Waals surface area contributed by atoms with E-state index in [1.54, 1.807) is 0 Å². The van der Waals surface area contributed by atoms with Gasteiger partial charge in [0.15, 0.2) is 0 Å². The summed E-state index contributed by atoms with van der Waals surface area (Å²) < 4.78 is 6.09. The predicted molar refractivity (Wildman–Crippen MR) is 60.6 cm³/mol. The van der Waals surface area contributed by atoms with Gasteiger partial charge in [0.05, 0.1) is 11.2 Å². The molecular formula is C12H25NO. The molecule has 0 aromatic heterocycles. The van der Waals surface area contributed by atoms with Crippen molar-refractivity contribution in [3.05, 3.63) is 0 Å². The van der Waals surface area contributed by atoms with Crippen LogP contribution in [0.25, 0.3) is 0 Å². The molecule has 0 spiro atoms. The van der Waals surface area contributed by atoms with Gasteiger partial charge in [0.25, 0.3) is 0 Å². The van der Waals surface area contributed by atoms with E-state index in [-0.39, 0.29) is 11.2 Å². The average molecular weight is 199 g/mol. The first-order valence-corrected chi connectivity index (χ1v) is 5.76. The van der Waals surface area contributed by atoms with E-state index in [9.17, 15) is 0 Å². The van der Waals surface area contributed by atoms with Gasteiger partial charge in [0.2, 0.25) is 0 Å². The van der Waals surface area contributed by atoms with Gasteiger partial charge in [-0.25, -0.2) is 0 Å². The Morgan fingerprint density at radius 1 is 1.14 bits per heavy atom. The second-order valence-electron chi connectivity index (χ2n) is 5.41. The van der Waals surface area contributed by atoms with Gasteiger partial charge < -0.3 is 4.74 Å². The zero-order valence-corrected chi connectivity index (χ0v) is 10.6. The highest BCUT2D eigenvalue weighted by molar-refractivity contribution is 4.99. The molecule has 0 N–H and O–H groups in total.